The zero-order valence-electron chi connectivity index (χ0n) is 19.6. The lowest BCUT2D eigenvalue weighted by molar-refractivity contribution is -0.143. The summed E-state index contributed by atoms with van der Waals surface area (Å²) >= 11 is 0. The normalized spacial score (nSPS) is 12.6. The molecule has 40 heavy (non-hydrogen) atoms. The summed E-state index contributed by atoms with van der Waals surface area (Å²) in [5.74, 6) is -2.48. The van der Waals surface area contributed by atoms with E-state index in [1.54, 1.807) is 0 Å². The summed E-state index contributed by atoms with van der Waals surface area (Å²) in [6.45, 7) is -1.42. The first-order valence-corrected chi connectivity index (χ1v) is 10.9. The minimum absolute atomic E-state index is 0.0790. The number of hydrogen-bond donors (Lipinski definition) is 1. The molecule has 0 radical (unpaired) electrons. The van der Waals surface area contributed by atoms with Crippen molar-refractivity contribution in [3.05, 3.63) is 94.0 Å². The van der Waals surface area contributed by atoms with Crippen LogP contribution in [0.25, 0.3) is 11.1 Å². The molecule has 0 saturated heterocycles. The molecule has 1 heterocycles. The largest absolute Gasteiger partial charge is 0.416 e. The quantitative estimate of drug-likeness (QED) is 0.241. The van der Waals surface area contributed by atoms with Gasteiger partial charge in [0.05, 0.1) is 16.7 Å². The fourth-order valence-electron chi connectivity index (χ4n) is 3.90. The van der Waals surface area contributed by atoms with Gasteiger partial charge in [-0.15, -0.1) is 5.10 Å². The zero-order valence-corrected chi connectivity index (χ0v) is 19.6. The number of aromatic nitrogens is 4. The van der Waals surface area contributed by atoms with Gasteiger partial charge in [0.15, 0.2) is 0 Å². The summed E-state index contributed by atoms with van der Waals surface area (Å²) in [6.07, 6.45) is -15.2. The molecule has 4 rings (SSSR count). The van der Waals surface area contributed by atoms with E-state index in [4.69, 9.17) is 0 Å². The van der Waals surface area contributed by atoms with E-state index in [1.165, 1.54) is 0 Å². The Kier molecular flexibility index (Phi) is 7.47. The van der Waals surface area contributed by atoms with Crippen LogP contribution in [-0.2, 0) is 31.6 Å². The van der Waals surface area contributed by atoms with Crippen LogP contribution in [0.15, 0.2) is 54.6 Å². The number of halogens is 11. The van der Waals surface area contributed by atoms with Crippen molar-refractivity contribution in [2.45, 2.75) is 31.6 Å². The van der Waals surface area contributed by atoms with Gasteiger partial charge in [-0.05, 0) is 64.4 Å². The summed E-state index contributed by atoms with van der Waals surface area (Å²) in [5.41, 5.74) is -5.67. The van der Waals surface area contributed by atoms with Crippen molar-refractivity contribution in [3.63, 3.8) is 0 Å². The van der Waals surface area contributed by atoms with E-state index in [1.807, 2.05) is 0 Å². The van der Waals surface area contributed by atoms with Crippen LogP contribution < -0.4 is 4.90 Å². The highest BCUT2D eigenvalue weighted by atomic mass is 19.4. The molecule has 16 heteroatoms. The molecule has 0 atom stereocenters. The van der Waals surface area contributed by atoms with Crippen molar-refractivity contribution in [2.24, 2.45) is 0 Å². The third-order valence-corrected chi connectivity index (χ3v) is 5.65. The molecule has 0 bridgehead atoms. The molecule has 0 fully saturated rings. The number of hydrogen-bond acceptors (Lipinski definition) is 4. The monoisotopic (exact) mass is 581 g/mol. The number of anilines is 1. The summed E-state index contributed by atoms with van der Waals surface area (Å²) in [7, 11) is 0. The van der Waals surface area contributed by atoms with Crippen molar-refractivity contribution < 1.29 is 48.3 Å². The molecule has 1 aromatic heterocycles. The van der Waals surface area contributed by atoms with Crippen LogP contribution >= 0.6 is 0 Å². The summed E-state index contributed by atoms with van der Waals surface area (Å²) in [4.78, 5) is 0.944. The summed E-state index contributed by atoms with van der Waals surface area (Å²) in [5, 5.41) is 12.6. The van der Waals surface area contributed by atoms with Crippen LogP contribution in [0, 0.1) is 11.6 Å². The number of alkyl halides is 9. The van der Waals surface area contributed by atoms with Crippen LogP contribution in [-0.4, -0.2) is 20.6 Å². The molecule has 4 aromatic rings. The van der Waals surface area contributed by atoms with Crippen LogP contribution in [0.5, 0.6) is 0 Å². The molecule has 0 unspecified atom stereocenters. The van der Waals surface area contributed by atoms with E-state index in [9.17, 15) is 48.3 Å². The van der Waals surface area contributed by atoms with Gasteiger partial charge < -0.3 is 4.90 Å². The molecule has 212 valence electrons. The maximum Gasteiger partial charge on any atom is 0.416 e. The number of nitrogens with zero attached hydrogens (tertiary/aromatic N) is 4. The second-order valence-electron chi connectivity index (χ2n) is 8.48. The molecule has 0 aliphatic heterocycles. The second kappa shape index (κ2) is 10.4. The summed E-state index contributed by atoms with van der Waals surface area (Å²) < 4.78 is 149. The molecule has 3 aromatic carbocycles. The van der Waals surface area contributed by atoms with Crippen LogP contribution in [0.2, 0.25) is 0 Å². The molecular weight excluding hydrogens is 567 g/mol. The van der Waals surface area contributed by atoms with Crippen molar-refractivity contribution >= 4 is 5.95 Å². The molecular formula is C24H14F11N5. The SMILES string of the molecule is Fc1ccc(-c2ccc(C(F)(F)F)cc2CN(Cc2cc(C(F)(F)F)cc(C(F)(F)F)c2)c2nn[nH]n2)c(F)c1. The van der Waals surface area contributed by atoms with E-state index in [0.717, 1.165) is 23.1 Å². The maximum absolute atomic E-state index is 14.6. The lowest BCUT2D eigenvalue weighted by Gasteiger charge is -2.24. The lowest BCUT2D eigenvalue weighted by Crippen LogP contribution is -2.25. The zero-order chi connectivity index (χ0) is 29.5. The van der Waals surface area contributed by atoms with E-state index >= 15 is 0 Å². The lowest BCUT2D eigenvalue weighted by atomic mass is 9.96. The van der Waals surface area contributed by atoms with Crippen LogP contribution in [0.1, 0.15) is 27.8 Å². The fourth-order valence-corrected chi connectivity index (χ4v) is 3.90. The Morgan fingerprint density at radius 1 is 0.650 bits per heavy atom. The predicted molar refractivity (Wildman–Crippen MR) is 117 cm³/mol. The number of aromatic amines is 1. The molecule has 0 spiro atoms. The minimum atomic E-state index is -5.15. The van der Waals surface area contributed by atoms with Gasteiger partial charge in [0.1, 0.15) is 11.6 Å². The number of nitrogens with one attached hydrogen (secondary N) is 1. The Hall–Kier alpha value is -4.24. The number of tetrazole rings is 1. The number of rotatable bonds is 6. The van der Waals surface area contributed by atoms with Crippen LogP contribution in [0.3, 0.4) is 0 Å². The van der Waals surface area contributed by atoms with Crippen molar-refractivity contribution in [3.8, 4) is 11.1 Å². The van der Waals surface area contributed by atoms with Crippen molar-refractivity contribution in [1.82, 2.24) is 20.6 Å². The average molecular weight is 581 g/mol. The first kappa shape index (κ1) is 28.8. The fraction of sp³-hybridized carbons (Fsp3) is 0.208. The number of H-pyrrole nitrogens is 1. The average Bonchev–Trinajstić information content (AvgIpc) is 3.37. The van der Waals surface area contributed by atoms with Crippen molar-refractivity contribution in [2.75, 3.05) is 4.90 Å². The van der Waals surface area contributed by atoms with E-state index in [-0.39, 0.29) is 22.8 Å². The first-order valence-electron chi connectivity index (χ1n) is 10.9. The van der Waals surface area contributed by atoms with Gasteiger partial charge in [-0.3, -0.25) is 0 Å². The van der Waals surface area contributed by atoms with E-state index in [0.29, 0.717) is 30.3 Å². The van der Waals surface area contributed by atoms with Gasteiger partial charge in [0.25, 0.3) is 5.95 Å². The minimum Gasteiger partial charge on any atom is -0.330 e. The molecule has 0 amide bonds. The van der Waals surface area contributed by atoms with Gasteiger partial charge >= 0.3 is 18.5 Å². The third-order valence-electron chi connectivity index (χ3n) is 5.65. The Balaban J connectivity index is 1.84. The molecule has 0 aliphatic rings. The Morgan fingerprint density at radius 2 is 1.25 bits per heavy atom. The topological polar surface area (TPSA) is 57.7 Å². The van der Waals surface area contributed by atoms with Crippen LogP contribution in [0.4, 0.5) is 54.2 Å². The Bertz CT molecular complexity index is 1460. The molecule has 1 N–H and O–H groups in total. The highest BCUT2D eigenvalue weighted by Gasteiger charge is 2.37. The maximum atomic E-state index is 14.6. The summed E-state index contributed by atoms with van der Waals surface area (Å²) in [6, 6.07) is 5.30. The smallest absolute Gasteiger partial charge is 0.330 e. The standard InChI is InChI=1S/C24H14F11N5/c25-17-2-4-19(20(26)9-17)18-3-1-14(22(27,28)29)7-13(18)11-40(21-36-38-39-37-21)10-12-5-15(23(30,31)32)8-16(6-12)24(33,34)35/h1-9H,10-11H2,(H,36,37,38,39). The van der Waals surface area contributed by atoms with Gasteiger partial charge in [0.2, 0.25) is 0 Å². The van der Waals surface area contributed by atoms with Gasteiger partial charge in [-0.1, -0.05) is 11.2 Å². The second-order valence-corrected chi connectivity index (χ2v) is 8.48. The highest BCUT2D eigenvalue weighted by molar-refractivity contribution is 5.69. The first-order chi connectivity index (χ1) is 18.5. The van der Waals surface area contributed by atoms with Gasteiger partial charge in [-0.2, -0.15) is 44.7 Å². The Morgan fingerprint density at radius 3 is 1.77 bits per heavy atom. The van der Waals surface area contributed by atoms with Gasteiger partial charge in [0, 0.05) is 24.7 Å². The van der Waals surface area contributed by atoms with Crippen molar-refractivity contribution in [1.29, 1.82) is 0 Å². The van der Waals surface area contributed by atoms with E-state index < -0.39 is 71.5 Å². The Labute approximate surface area is 217 Å². The molecule has 5 nitrogen and oxygen atoms in total. The molecule has 0 aliphatic carbocycles. The molecule has 0 saturated carbocycles. The predicted octanol–water partition coefficient (Wildman–Crippen LogP) is 7.41. The number of benzene rings is 3. The van der Waals surface area contributed by atoms with Gasteiger partial charge in [-0.25, -0.2) is 8.78 Å². The highest BCUT2D eigenvalue weighted by Crippen LogP contribution is 2.38. The third kappa shape index (κ3) is 6.48. The van der Waals surface area contributed by atoms with E-state index in [2.05, 4.69) is 20.6 Å².